The van der Waals surface area contributed by atoms with Crippen molar-refractivity contribution in [3.63, 3.8) is 0 Å². The summed E-state index contributed by atoms with van der Waals surface area (Å²) in [4.78, 5) is 0. The molecule has 0 aliphatic carbocycles. The molecule has 37 heavy (non-hydrogen) atoms. The second-order valence-corrected chi connectivity index (χ2v) is 8.50. The molecule has 186 valence electrons. The Labute approximate surface area is 221 Å². The van der Waals surface area contributed by atoms with Crippen LogP contribution >= 0.6 is 0 Å². The number of benzene rings is 4. The Kier molecular flexibility index (Phi) is 11.2. The van der Waals surface area contributed by atoms with Crippen LogP contribution in [0.5, 0.6) is 0 Å². The molecule has 0 fully saturated rings. The summed E-state index contributed by atoms with van der Waals surface area (Å²) < 4.78 is 17.5. The fourth-order valence-corrected chi connectivity index (χ4v) is 3.74. The molecule has 0 aliphatic heterocycles. The fraction of sp³-hybridized carbons (Fsp3) is 0.200. The lowest BCUT2D eigenvalue weighted by molar-refractivity contribution is 0.107. The molecule has 0 aromatic heterocycles. The van der Waals surface area contributed by atoms with Crippen molar-refractivity contribution in [3.05, 3.63) is 120 Å². The van der Waals surface area contributed by atoms with Crippen molar-refractivity contribution >= 4 is 37.3 Å². The average Bonchev–Trinajstić information content (AvgIpc) is 2.95. The summed E-state index contributed by atoms with van der Waals surface area (Å²) in [5, 5.41) is 6.68. The van der Waals surface area contributed by atoms with Gasteiger partial charge in [-0.3, -0.25) is 0 Å². The van der Waals surface area contributed by atoms with Gasteiger partial charge in [-0.2, -0.15) is 0 Å². The minimum absolute atomic E-state index is 0.508. The van der Waals surface area contributed by atoms with Crippen LogP contribution in [0.15, 0.2) is 109 Å². The molecule has 0 unspecified atom stereocenters. The molecule has 0 amide bonds. The van der Waals surface area contributed by atoms with Gasteiger partial charge in [0.15, 0.2) is 0 Å². The van der Waals surface area contributed by atoms with Gasteiger partial charge in [0.2, 0.25) is 0 Å². The van der Waals surface area contributed by atoms with E-state index in [9.17, 15) is 0 Å². The van der Waals surface area contributed by atoms with E-state index in [4.69, 9.17) is 14.0 Å². The van der Waals surface area contributed by atoms with Gasteiger partial charge >= 0.3 is 15.0 Å². The predicted molar refractivity (Wildman–Crippen MR) is 154 cm³/mol. The van der Waals surface area contributed by atoms with Crippen LogP contribution in [0, 0.1) is 0 Å². The molecule has 2 N–H and O–H groups in total. The van der Waals surface area contributed by atoms with Crippen LogP contribution in [0.25, 0.3) is 0 Å². The summed E-state index contributed by atoms with van der Waals surface area (Å²) in [6.45, 7) is 3.68. The zero-order valence-electron chi connectivity index (χ0n) is 21.0. The molecule has 7 heteroatoms. The predicted octanol–water partition coefficient (Wildman–Crippen LogP) is 4.15. The third-order valence-electron chi connectivity index (χ3n) is 5.61. The van der Waals surface area contributed by atoms with Gasteiger partial charge in [-0.15, -0.1) is 0 Å². The number of anilines is 2. The molecule has 4 aromatic carbocycles. The summed E-state index contributed by atoms with van der Waals surface area (Å²) in [5.41, 5.74) is 6.43. The van der Waals surface area contributed by atoms with E-state index in [2.05, 4.69) is 28.8 Å². The van der Waals surface area contributed by atoms with Gasteiger partial charge in [-0.05, 0) is 40.9 Å². The molecule has 0 spiro atoms. The van der Waals surface area contributed by atoms with Gasteiger partial charge in [0.25, 0.3) is 0 Å². The smallest absolute Gasteiger partial charge is 0.330 e. The third-order valence-corrected chi connectivity index (χ3v) is 5.61. The Bertz CT molecular complexity index is 1180. The number of ether oxygens (including phenoxy) is 1. The lowest BCUT2D eigenvalue weighted by atomic mass is 9.84. The van der Waals surface area contributed by atoms with E-state index in [1.54, 1.807) is 7.48 Å². The zero-order chi connectivity index (χ0) is 25.4. The molecule has 0 bridgehead atoms. The number of nitrogens with one attached hydrogen (secondary N) is 2. The van der Waals surface area contributed by atoms with E-state index in [0.717, 1.165) is 46.5 Å². The van der Waals surface area contributed by atoms with Gasteiger partial charge in [0, 0.05) is 37.7 Å². The maximum Gasteiger partial charge on any atom is 0.330 e. The second-order valence-electron chi connectivity index (χ2n) is 8.50. The van der Waals surface area contributed by atoms with E-state index in [0.29, 0.717) is 26.4 Å². The maximum absolute atomic E-state index is 6.03. The van der Waals surface area contributed by atoms with Crippen LogP contribution in [0.4, 0.5) is 11.4 Å². The summed E-state index contributed by atoms with van der Waals surface area (Å²) in [6.07, 6.45) is 0. The lowest BCUT2D eigenvalue weighted by Gasteiger charge is -2.11. The van der Waals surface area contributed by atoms with Crippen LogP contribution in [-0.4, -0.2) is 41.3 Å². The SMILES string of the molecule is [B](OCCNc1ccccc1)c1cccc(COCc2ccccc2[B]OCCNc2ccccc2)c1. The molecule has 5 nitrogen and oxygen atoms in total. The molecular formula is C30H32B2N2O3. The highest BCUT2D eigenvalue weighted by Gasteiger charge is 2.06. The van der Waals surface area contributed by atoms with E-state index >= 15 is 0 Å². The first-order chi connectivity index (χ1) is 18.4. The van der Waals surface area contributed by atoms with Crippen LogP contribution in [0.3, 0.4) is 0 Å². The summed E-state index contributed by atoms with van der Waals surface area (Å²) in [7, 11) is 3.61. The lowest BCUT2D eigenvalue weighted by Crippen LogP contribution is -2.24. The minimum Gasteiger partial charge on any atom is -0.432 e. The standard InChI is InChI=1S/C30H32B2N2O3/c1-3-13-28(14-4-1)33-18-20-36-31-27-12-9-10-25(22-27)23-35-24-26-11-7-8-17-30(26)32-37-21-19-34-29-15-5-2-6-16-29/h1-17,22,33-34H,18-21,23-24H2. The quantitative estimate of drug-likeness (QED) is 0.183. The van der Waals surface area contributed by atoms with Crippen molar-refractivity contribution in [2.24, 2.45) is 0 Å². The van der Waals surface area contributed by atoms with E-state index < -0.39 is 0 Å². The summed E-state index contributed by atoms with van der Waals surface area (Å²) in [5.74, 6) is 0. The summed E-state index contributed by atoms with van der Waals surface area (Å²) >= 11 is 0. The zero-order valence-corrected chi connectivity index (χ0v) is 21.0. The molecule has 0 saturated carbocycles. The fourth-order valence-electron chi connectivity index (χ4n) is 3.74. The van der Waals surface area contributed by atoms with Crippen molar-refractivity contribution in [1.29, 1.82) is 0 Å². The van der Waals surface area contributed by atoms with Crippen LogP contribution in [-0.2, 0) is 27.3 Å². The first-order valence-electron chi connectivity index (χ1n) is 12.6. The Morgan fingerprint density at radius 2 is 1.19 bits per heavy atom. The van der Waals surface area contributed by atoms with Crippen molar-refractivity contribution in [3.8, 4) is 0 Å². The molecule has 2 radical (unpaired) electrons. The van der Waals surface area contributed by atoms with Crippen molar-refractivity contribution in [1.82, 2.24) is 0 Å². The van der Waals surface area contributed by atoms with Gasteiger partial charge < -0.3 is 24.7 Å². The minimum atomic E-state index is 0.508. The molecule has 4 aromatic rings. The molecule has 0 atom stereocenters. The van der Waals surface area contributed by atoms with Gasteiger partial charge in [-0.1, -0.05) is 90.4 Å². The second kappa shape index (κ2) is 15.6. The molecular weight excluding hydrogens is 458 g/mol. The normalized spacial score (nSPS) is 10.6. The van der Waals surface area contributed by atoms with Crippen LogP contribution < -0.4 is 21.6 Å². The van der Waals surface area contributed by atoms with E-state index in [1.807, 2.05) is 98.5 Å². The largest absolute Gasteiger partial charge is 0.432 e. The average molecular weight is 490 g/mol. The number of rotatable bonds is 16. The molecule has 0 saturated heterocycles. The van der Waals surface area contributed by atoms with E-state index in [-0.39, 0.29) is 0 Å². The Hall–Kier alpha value is -3.51. The van der Waals surface area contributed by atoms with Crippen LogP contribution in [0.1, 0.15) is 11.1 Å². The van der Waals surface area contributed by atoms with Crippen molar-refractivity contribution < 1.29 is 14.0 Å². The Balaban J connectivity index is 1.14. The first-order valence-corrected chi connectivity index (χ1v) is 12.6. The Morgan fingerprint density at radius 3 is 1.89 bits per heavy atom. The number of hydrogen-bond acceptors (Lipinski definition) is 5. The van der Waals surface area contributed by atoms with E-state index in [1.165, 1.54) is 0 Å². The monoisotopic (exact) mass is 490 g/mol. The number of para-hydroxylation sites is 2. The molecule has 0 heterocycles. The van der Waals surface area contributed by atoms with Gasteiger partial charge in [-0.25, -0.2) is 0 Å². The Morgan fingerprint density at radius 1 is 0.568 bits per heavy atom. The molecule has 0 aliphatic rings. The van der Waals surface area contributed by atoms with Crippen LogP contribution in [0.2, 0.25) is 0 Å². The van der Waals surface area contributed by atoms with Crippen molar-refractivity contribution in [2.45, 2.75) is 13.2 Å². The third kappa shape index (κ3) is 9.81. The highest BCUT2D eigenvalue weighted by atomic mass is 16.5. The number of hydrogen-bond donors (Lipinski definition) is 2. The highest BCUT2D eigenvalue weighted by molar-refractivity contribution is 6.47. The van der Waals surface area contributed by atoms with Crippen molar-refractivity contribution in [2.75, 3.05) is 36.9 Å². The first kappa shape index (κ1) is 26.6. The highest BCUT2D eigenvalue weighted by Crippen LogP contribution is 2.06. The summed E-state index contributed by atoms with van der Waals surface area (Å²) in [6, 6.07) is 36.6. The topological polar surface area (TPSA) is 51.8 Å². The molecule has 4 rings (SSSR count). The van der Waals surface area contributed by atoms with Gasteiger partial charge in [0.05, 0.1) is 13.2 Å². The van der Waals surface area contributed by atoms with Gasteiger partial charge in [0.1, 0.15) is 0 Å². The maximum atomic E-state index is 6.03.